The van der Waals surface area contributed by atoms with Gasteiger partial charge in [0.1, 0.15) is 6.61 Å². The molecular weight excluding hydrogens is 362 g/mol. The van der Waals surface area contributed by atoms with Crippen molar-refractivity contribution in [2.75, 3.05) is 13.7 Å². The summed E-state index contributed by atoms with van der Waals surface area (Å²) >= 11 is 0. The molecule has 4 heteroatoms. The highest BCUT2D eigenvalue weighted by Crippen LogP contribution is 2.30. The number of hydrogen-bond acceptors (Lipinski definition) is 3. The Morgan fingerprint density at radius 1 is 1.00 bits per heavy atom. The van der Waals surface area contributed by atoms with Crippen molar-refractivity contribution < 1.29 is 14.3 Å². The lowest BCUT2D eigenvalue weighted by molar-refractivity contribution is -0.121. The molecule has 0 aromatic heterocycles. The fourth-order valence-electron chi connectivity index (χ4n) is 3.35. The Bertz CT molecular complexity index is 960. The quantitative estimate of drug-likeness (QED) is 0.550. The summed E-state index contributed by atoms with van der Waals surface area (Å²) in [7, 11) is 1.65. The van der Waals surface area contributed by atoms with E-state index in [-0.39, 0.29) is 5.91 Å². The first kappa shape index (κ1) is 20.7. The molecule has 3 rings (SSSR count). The lowest BCUT2D eigenvalue weighted by Gasteiger charge is -2.14. The predicted octanol–water partition coefficient (Wildman–Crippen LogP) is 5.13. The zero-order valence-corrected chi connectivity index (χ0v) is 17.4. The summed E-state index contributed by atoms with van der Waals surface area (Å²) in [5, 5.41) is 5.37. The maximum atomic E-state index is 11.8. The van der Waals surface area contributed by atoms with E-state index in [4.69, 9.17) is 9.47 Å². The molecule has 0 bridgehead atoms. The summed E-state index contributed by atoms with van der Waals surface area (Å²) in [5.41, 5.74) is 2.24. The maximum absolute atomic E-state index is 11.8. The van der Waals surface area contributed by atoms with E-state index in [0.717, 1.165) is 17.5 Å². The molecule has 3 aromatic carbocycles. The van der Waals surface area contributed by atoms with Gasteiger partial charge in [-0.05, 0) is 46.4 Å². The number of ether oxygens (including phenoxy) is 2. The van der Waals surface area contributed by atoms with Crippen LogP contribution in [-0.4, -0.2) is 19.6 Å². The topological polar surface area (TPSA) is 47.6 Å². The molecule has 4 nitrogen and oxygen atoms in total. The second kappa shape index (κ2) is 9.97. The standard InChI is InChI=1S/C25H29NO3/c1-18(2)15-25(27)26-14-13-19-11-12-23(24(16-19)28-3)29-17-21-9-6-8-20-7-4-5-10-22(20)21/h4-12,16,18H,13-15,17H2,1-3H3,(H,26,27). The van der Waals surface area contributed by atoms with Crippen LogP contribution < -0.4 is 14.8 Å². The highest BCUT2D eigenvalue weighted by atomic mass is 16.5. The summed E-state index contributed by atoms with van der Waals surface area (Å²) in [6.45, 7) is 5.18. The van der Waals surface area contributed by atoms with Crippen LogP contribution in [0.25, 0.3) is 10.8 Å². The Labute approximate surface area is 172 Å². The molecule has 152 valence electrons. The van der Waals surface area contributed by atoms with E-state index >= 15 is 0 Å². The molecule has 0 saturated carbocycles. The van der Waals surface area contributed by atoms with Crippen molar-refractivity contribution in [3.63, 3.8) is 0 Å². The second-order valence-corrected chi connectivity index (χ2v) is 7.61. The number of carbonyl (C=O) groups is 1. The van der Waals surface area contributed by atoms with Gasteiger partial charge in [0.05, 0.1) is 7.11 Å². The third-order valence-corrected chi connectivity index (χ3v) is 4.82. The lowest BCUT2D eigenvalue weighted by atomic mass is 10.1. The molecule has 3 aromatic rings. The van der Waals surface area contributed by atoms with E-state index in [1.807, 2.05) is 44.2 Å². The number of fused-ring (bicyclic) bond motifs is 1. The van der Waals surface area contributed by atoms with Crippen molar-refractivity contribution in [3.8, 4) is 11.5 Å². The van der Waals surface area contributed by atoms with Gasteiger partial charge in [-0.15, -0.1) is 0 Å². The van der Waals surface area contributed by atoms with Crippen LogP contribution >= 0.6 is 0 Å². The van der Waals surface area contributed by atoms with Crippen LogP contribution in [0.2, 0.25) is 0 Å². The van der Waals surface area contributed by atoms with E-state index in [1.54, 1.807) is 7.11 Å². The van der Waals surface area contributed by atoms with Crippen LogP contribution in [-0.2, 0) is 17.8 Å². The largest absolute Gasteiger partial charge is 0.493 e. The Balaban J connectivity index is 1.62. The van der Waals surface area contributed by atoms with Crippen molar-refractivity contribution in [3.05, 3.63) is 71.8 Å². The fourth-order valence-corrected chi connectivity index (χ4v) is 3.35. The fraction of sp³-hybridized carbons (Fsp3) is 0.320. The number of amides is 1. The van der Waals surface area contributed by atoms with Gasteiger partial charge in [-0.2, -0.15) is 0 Å². The first-order valence-corrected chi connectivity index (χ1v) is 10.1. The van der Waals surface area contributed by atoms with Gasteiger partial charge in [0.25, 0.3) is 0 Å². The molecule has 1 amide bonds. The van der Waals surface area contributed by atoms with Gasteiger partial charge in [-0.3, -0.25) is 4.79 Å². The van der Waals surface area contributed by atoms with E-state index in [9.17, 15) is 4.79 Å². The maximum Gasteiger partial charge on any atom is 0.220 e. The highest BCUT2D eigenvalue weighted by molar-refractivity contribution is 5.85. The molecule has 0 aliphatic heterocycles. The van der Waals surface area contributed by atoms with Crippen LogP contribution in [0.3, 0.4) is 0 Å². The Morgan fingerprint density at radius 2 is 1.79 bits per heavy atom. The molecule has 0 saturated heterocycles. The molecule has 0 aliphatic carbocycles. The molecular formula is C25H29NO3. The van der Waals surface area contributed by atoms with Crippen molar-refractivity contribution >= 4 is 16.7 Å². The Morgan fingerprint density at radius 3 is 2.59 bits per heavy atom. The number of hydrogen-bond donors (Lipinski definition) is 1. The summed E-state index contributed by atoms with van der Waals surface area (Å²) in [6.07, 6.45) is 1.31. The number of benzene rings is 3. The number of methoxy groups -OCH3 is 1. The molecule has 0 radical (unpaired) electrons. The summed E-state index contributed by atoms with van der Waals surface area (Å²) < 4.78 is 11.6. The highest BCUT2D eigenvalue weighted by Gasteiger charge is 2.09. The van der Waals surface area contributed by atoms with E-state index < -0.39 is 0 Å². The molecule has 0 spiro atoms. The Kier molecular flexibility index (Phi) is 7.12. The van der Waals surface area contributed by atoms with Crippen LogP contribution in [0.4, 0.5) is 0 Å². The van der Waals surface area contributed by atoms with Crippen molar-refractivity contribution in [2.24, 2.45) is 5.92 Å². The van der Waals surface area contributed by atoms with Crippen molar-refractivity contribution in [1.29, 1.82) is 0 Å². The zero-order chi connectivity index (χ0) is 20.6. The van der Waals surface area contributed by atoms with Crippen LogP contribution in [0.1, 0.15) is 31.4 Å². The summed E-state index contributed by atoms with van der Waals surface area (Å²) in [4.78, 5) is 11.8. The minimum Gasteiger partial charge on any atom is -0.493 e. The van der Waals surface area contributed by atoms with Crippen molar-refractivity contribution in [1.82, 2.24) is 5.32 Å². The smallest absolute Gasteiger partial charge is 0.220 e. The van der Waals surface area contributed by atoms with Crippen molar-refractivity contribution in [2.45, 2.75) is 33.3 Å². The lowest BCUT2D eigenvalue weighted by Crippen LogP contribution is -2.26. The van der Waals surface area contributed by atoms with Crippen LogP contribution in [0, 0.1) is 5.92 Å². The van der Waals surface area contributed by atoms with E-state index in [1.165, 1.54) is 10.8 Å². The van der Waals surface area contributed by atoms with E-state index in [2.05, 4.69) is 35.6 Å². The minimum absolute atomic E-state index is 0.0991. The first-order chi connectivity index (χ1) is 14.1. The monoisotopic (exact) mass is 391 g/mol. The number of carbonyl (C=O) groups excluding carboxylic acids is 1. The van der Waals surface area contributed by atoms with Gasteiger partial charge in [-0.25, -0.2) is 0 Å². The minimum atomic E-state index is 0.0991. The van der Waals surface area contributed by atoms with Gasteiger partial charge in [0.15, 0.2) is 11.5 Å². The molecule has 0 heterocycles. The second-order valence-electron chi connectivity index (χ2n) is 7.61. The molecule has 0 unspecified atom stereocenters. The third kappa shape index (κ3) is 5.74. The van der Waals surface area contributed by atoms with Gasteiger partial charge in [0, 0.05) is 13.0 Å². The van der Waals surface area contributed by atoms with Gasteiger partial charge < -0.3 is 14.8 Å². The Hall–Kier alpha value is -3.01. The average Bonchev–Trinajstić information content (AvgIpc) is 2.72. The average molecular weight is 392 g/mol. The molecule has 0 fully saturated rings. The van der Waals surface area contributed by atoms with E-state index in [0.29, 0.717) is 37.0 Å². The van der Waals surface area contributed by atoms with Crippen LogP contribution in [0.15, 0.2) is 60.7 Å². The molecule has 0 atom stereocenters. The third-order valence-electron chi connectivity index (χ3n) is 4.82. The zero-order valence-electron chi connectivity index (χ0n) is 17.4. The van der Waals surface area contributed by atoms with Gasteiger partial charge in [0.2, 0.25) is 5.91 Å². The normalized spacial score (nSPS) is 10.9. The predicted molar refractivity (Wildman–Crippen MR) is 117 cm³/mol. The number of rotatable bonds is 9. The molecule has 29 heavy (non-hydrogen) atoms. The molecule has 0 aliphatic rings. The van der Waals surface area contributed by atoms with Gasteiger partial charge >= 0.3 is 0 Å². The van der Waals surface area contributed by atoms with Crippen LogP contribution in [0.5, 0.6) is 11.5 Å². The number of nitrogens with one attached hydrogen (secondary N) is 1. The SMILES string of the molecule is COc1cc(CCNC(=O)CC(C)C)ccc1OCc1cccc2ccccc12. The van der Waals surface area contributed by atoms with Gasteiger partial charge in [-0.1, -0.05) is 62.4 Å². The first-order valence-electron chi connectivity index (χ1n) is 10.1. The summed E-state index contributed by atoms with van der Waals surface area (Å²) in [6, 6.07) is 20.5. The molecule has 1 N–H and O–H groups in total. The summed E-state index contributed by atoms with van der Waals surface area (Å²) in [5.74, 6) is 1.89.